The average Bonchev–Trinajstić information content (AvgIpc) is 3.08. The zero-order valence-corrected chi connectivity index (χ0v) is 12.7. The average molecular weight is 328 g/mol. The Morgan fingerprint density at radius 3 is 3.05 bits per heavy atom. The Kier molecular flexibility index (Phi) is 4.30. The van der Waals surface area contributed by atoms with Gasteiger partial charge in [0.05, 0.1) is 17.2 Å². The molecule has 0 saturated carbocycles. The van der Waals surface area contributed by atoms with Crippen LogP contribution in [0, 0.1) is 0 Å². The van der Waals surface area contributed by atoms with E-state index in [9.17, 15) is 4.79 Å². The minimum atomic E-state index is -1.04. The largest absolute Gasteiger partial charge is 0.475 e. The number of hydrogen-bond acceptors (Lipinski definition) is 5. The molecule has 7 heteroatoms. The van der Waals surface area contributed by atoms with E-state index in [1.165, 1.54) is 17.6 Å². The predicted molar refractivity (Wildman–Crippen MR) is 79.0 cm³/mol. The summed E-state index contributed by atoms with van der Waals surface area (Å²) in [5.74, 6) is -1.03. The number of carbonyl (C=O) groups is 1. The second-order valence-electron chi connectivity index (χ2n) is 4.82. The van der Waals surface area contributed by atoms with Gasteiger partial charge < -0.3 is 14.3 Å². The molecule has 0 radical (unpaired) electrons. The molecule has 0 bridgehead atoms. The minimum absolute atomic E-state index is 0.0113. The molecule has 1 saturated heterocycles. The first-order valence-electron chi connectivity index (χ1n) is 6.52. The van der Waals surface area contributed by atoms with Crippen molar-refractivity contribution in [3.63, 3.8) is 0 Å². The summed E-state index contributed by atoms with van der Waals surface area (Å²) < 4.78 is 11.5. The number of morpholine rings is 1. The van der Waals surface area contributed by atoms with Crippen molar-refractivity contribution in [1.82, 2.24) is 4.90 Å². The van der Waals surface area contributed by atoms with Crippen molar-refractivity contribution in [3.05, 3.63) is 45.0 Å². The lowest BCUT2D eigenvalue weighted by Gasteiger charge is -2.32. The molecule has 0 spiro atoms. The van der Waals surface area contributed by atoms with Gasteiger partial charge >= 0.3 is 5.97 Å². The Hall–Kier alpha value is -1.34. The highest BCUT2D eigenvalue weighted by atomic mass is 35.5. The van der Waals surface area contributed by atoms with Gasteiger partial charge in [0.2, 0.25) is 5.76 Å². The SMILES string of the molecule is O=C(O)c1occc1CN1CCOC(c2ccc(Cl)s2)C1. The van der Waals surface area contributed by atoms with Crippen LogP contribution in [0.3, 0.4) is 0 Å². The van der Waals surface area contributed by atoms with Gasteiger partial charge in [-0.15, -0.1) is 11.3 Å². The molecule has 112 valence electrons. The summed E-state index contributed by atoms with van der Waals surface area (Å²) in [7, 11) is 0. The van der Waals surface area contributed by atoms with E-state index in [-0.39, 0.29) is 11.9 Å². The maximum atomic E-state index is 11.1. The lowest BCUT2D eigenvalue weighted by Crippen LogP contribution is -2.37. The smallest absolute Gasteiger partial charge is 0.372 e. The summed E-state index contributed by atoms with van der Waals surface area (Å²) >= 11 is 7.47. The topological polar surface area (TPSA) is 62.9 Å². The van der Waals surface area contributed by atoms with Crippen LogP contribution in [0.1, 0.15) is 27.1 Å². The van der Waals surface area contributed by atoms with E-state index in [4.69, 9.17) is 25.9 Å². The van der Waals surface area contributed by atoms with Crippen LogP contribution in [0.5, 0.6) is 0 Å². The Balaban J connectivity index is 1.69. The van der Waals surface area contributed by atoms with E-state index in [0.717, 1.165) is 15.8 Å². The third kappa shape index (κ3) is 3.29. The van der Waals surface area contributed by atoms with Gasteiger partial charge in [-0.25, -0.2) is 4.79 Å². The van der Waals surface area contributed by atoms with Crippen molar-refractivity contribution in [2.75, 3.05) is 19.7 Å². The number of rotatable bonds is 4. The van der Waals surface area contributed by atoms with Crippen molar-refractivity contribution < 1.29 is 19.1 Å². The van der Waals surface area contributed by atoms with Gasteiger partial charge in [-0.2, -0.15) is 0 Å². The van der Waals surface area contributed by atoms with Crippen LogP contribution in [-0.4, -0.2) is 35.7 Å². The highest BCUT2D eigenvalue weighted by Gasteiger charge is 2.25. The van der Waals surface area contributed by atoms with Crippen molar-refractivity contribution in [2.24, 2.45) is 0 Å². The van der Waals surface area contributed by atoms with Crippen LogP contribution in [0.25, 0.3) is 0 Å². The van der Waals surface area contributed by atoms with Gasteiger partial charge in [-0.3, -0.25) is 4.90 Å². The quantitative estimate of drug-likeness (QED) is 0.933. The lowest BCUT2D eigenvalue weighted by atomic mass is 10.2. The van der Waals surface area contributed by atoms with E-state index < -0.39 is 5.97 Å². The molecule has 1 unspecified atom stereocenters. The highest BCUT2D eigenvalue weighted by Crippen LogP contribution is 2.31. The second-order valence-corrected chi connectivity index (χ2v) is 6.56. The van der Waals surface area contributed by atoms with E-state index in [0.29, 0.717) is 25.3 Å². The molecule has 3 rings (SSSR count). The first kappa shape index (κ1) is 14.6. The standard InChI is InChI=1S/C14H14ClNO4S/c15-12-2-1-11(21-12)10-8-16(4-6-19-10)7-9-3-5-20-13(9)14(17)18/h1-3,5,10H,4,6-8H2,(H,17,18). The van der Waals surface area contributed by atoms with Crippen molar-refractivity contribution in [3.8, 4) is 0 Å². The normalized spacial score (nSPS) is 19.8. The fraction of sp³-hybridized carbons (Fsp3) is 0.357. The van der Waals surface area contributed by atoms with Crippen molar-refractivity contribution >= 4 is 28.9 Å². The van der Waals surface area contributed by atoms with Gasteiger partial charge in [-0.05, 0) is 18.2 Å². The van der Waals surface area contributed by atoms with Crippen molar-refractivity contribution in [1.29, 1.82) is 0 Å². The molecule has 1 atom stereocenters. The maximum Gasteiger partial charge on any atom is 0.372 e. The molecule has 3 heterocycles. The van der Waals surface area contributed by atoms with Crippen LogP contribution in [0.15, 0.2) is 28.9 Å². The summed E-state index contributed by atoms with van der Waals surface area (Å²) in [4.78, 5) is 14.3. The molecule has 2 aromatic heterocycles. The zero-order chi connectivity index (χ0) is 14.8. The summed E-state index contributed by atoms with van der Waals surface area (Å²) in [6.07, 6.45) is 1.40. The number of halogens is 1. The van der Waals surface area contributed by atoms with Crippen LogP contribution >= 0.6 is 22.9 Å². The third-order valence-corrected chi connectivity index (χ3v) is 4.72. The lowest BCUT2D eigenvalue weighted by molar-refractivity contribution is -0.0312. The van der Waals surface area contributed by atoms with Crippen LogP contribution < -0.4 is 0 Å². The molecule has 1 fully saturated rings. The summed E-state index contributed by atoms with van der Waals surface area (Å²) in [6, 6.07) is 5.54. The van der Waals surface area contributed by atoms with E-state index in [2.05, 4.69) is 4.90 Å². The number of carboxylic acid groups (broad SMARTS) is 1. The second kappa shape index (κ2) is 6.19. The van der Waals surface area contributed by atoms with E-state index >= 15 is 0 Å². The van der Waals surface area contributed by atoms with Crippen LogP contribution in [-0.2, 0) is 11.3 Å². The molecule has 21 heavy (non-hydrogen) atoms. The summed E-state index contributed by atoms with van der Waals surface area (Å²) in [6.45, 7) is 2.62. The Labute approximate surface area is 130 Å². The first-order chi connectivity index (χ1) is 10.1. The number of ether oxygens (including phenoxy) is 1. The monoisotopic (exact) mass is 327 g/mol. The number of furan rings is 1. The molecular weight excluding hydrogens is 314 g/mol. The molecular formula is C14H14ClNO4S. The molecule has 2 aromatic rings. The van der Waals surface area contributed by atoms with Gasteiger partial charge in [0.15, 0.2) is 0 Å². The Morgan fingerprint density at radius 1 is 1.48 bits per heavy atom. The molecule has 0 aromatic carbocycles. The van der Waals surface area contributed by atoms with Crippen LogP contribution in [0.4, 0.5) is 0 Å². The number of hydrogen-bond donors (Lipinski definition) is 1. The molecule has 0 amide bonds. The predicted octanol–water partition coefficient (Wildman–Crippen LogP) is 3.27. The number of nitrogens with zero attached hydrogens (tertiary/aromatic N) is 1. The van der Waals surface area contributed by atoms with Crippen LogP contribution in [0.2, 0.25) is 4.34 Å². The molecule has 1 aliphatic rings. The zero-order valence-electron chi connectivity index (χ0n) is 11.1. The van der Waals surface area contributed by atoms with Gasteiger partial charge in [-0.1, -0.05) is 11.6 Å². The van der Waals surface area contributed by atoms with Gasteiger partial charge in [0, 0.05) is 30.1 Å². The third-order valence-electron chi connectivity index (χ3n) is 3.40. The summed E-state index contributed by atoms with van der Waals surface area (Å²) in [5.41, 5.74) is 0.687. The number of thiophene rings is 1. The van der Waals surface area contributed by atoms with E-state index in [1.807, 2.05) is 12.1 Å². The first-order valence-corrected chi connectivity index (χ1v) is 7.72. The number of aromatic carboxylic acids is 1. The molecule has 5 nitrogen and oxygen atoms in total. The minimum Gasteiger partial charge on any atom is -0.475 e. The summed E-state index contributed by atoms with van der Waals surface area (Å²) in [5, 5.41) is 9.07. The highest BCUT2D eigenvalue weighted by molar-refractivity contribution is 7.16. The Bertz CT molecular complexity index is 638. The fourth-order valence-electron chi connectivity index (χ4n) is 2.41. The van der Waals surface area contributed by atoms with Gasteiger partial charge in [0.1, 0.15) is 6.10 Å². The molecule has 1 aliphatic heterocycles. The Morgan fingerprint density at radius 2 is 2.33 bits per heavy atom. The molecule has 0 aliphatic carbocycles. The number of carboxylic acids is 1. The van der Waals surface area contributed by atoms with E-state index in [1.54, 1.807) is 6.07 Å². The van der Waals surface area contributed by atoms with Gasteiger partial charge in [0.25, 0.3) is 0 Å². The molecule has 1 N–H and O–H groups in total. The maximum absolute atomic E-state index is 11.1. The van der Waals surface area contributed by atoms with Crippen molar-refractivity contribution in [2.45, 2.75) is 12.6 Å². The fourth-order valence-corrected chi connectivity index (χ4v) is 3.51.